The minimum absolute atomic E-state index is 0.0353. The van der Waals surface area contributed by atoms with Crippen molar-refractivity contribution in [1.29, 1.82) is 0 Å². The smallest absolute Gasteiger partial charge is 0.247 e. The number of piperazine rings is 1. The fourth-order valence-electron chi connectivity index (χ4n) is 2.74. The maximum Gasteiger partial charge on any atom is 0.247 e. The number of hydrogen-bond acceptors (Lipinski definition) is 2. The van der Waals surface area contributed by atoms with Crippen molar-refractivity contribution in [3.05, 3.63) is 29.8 Å². The minimum atomic E-state index is -0.422. The quantitative estimate of drug-likeness (QED) is 0.914. The summed E-state index contributed by atoms with van der Waals surface area (Å²) in [4.78, 5) is 26.1. The Hall–Kier alpha value is -1.84. The predicted octanol–water partition coefficient (Wildman–Crippen LogP) is 2.13. The highest BCUT2D eigenvalue weighted by Gasteiger charge is 2.38. The second-order valence-corrected chi connectivity index (χ2v) is 5.55. The van der Waals surface area contributed by atoms with Crippen molar-refractivity contribution in [3.63, 3.8) is 0 Å². The van der Waals surface area contributed by atoms with Gasteiger partial charge in [0.05, 0.1) is 6.54 Å². The predicted molar refractivity (Wildman–Crippen MR) is 79.6 cm³/mol. The number of para-hydroxylation sites is 1. The van der Waals surface area contributed by atoms with Crippen LogP contribution in [0.2, 0.25) is 0 Å². The molecule has 0 spiro atoms. The summed E-state index contributed by atoms with van der Waals surface area (Å²) in [5.74, 6) is -0.0216. The van der Waals surface area contributed by atoms with Crippen molar-refractivity contribution < 1.29 is 9.59 Å². The Bertz CT molecular complexity index is 511. The first-order valence-electron chi connectivity index (χ1n) is 7.24. The van der Waals surface area contributed by atoms with E-state index in [1.165, 1.54) is 0 Å². The van der Waals surface area contributed by atoms with E-state index in [1.807, 2.05) is 38.1 Å². The van der Waals surface area contributed by atoms with Crippen molar-refractivity contribution in [2.75, 3.05) is 11.4 Å². The monoisotopic (exact) mass is 274 g/mol. The highest BCUT2D eigenvalue weighted by molar-refractivity contribution is 6.07. The summed E-state index contributed by atoms with van der Waals surface area (Å²) in [6.45, 7) is 6.14. The van der Waals surface area contributed by atoms with Crippen molar-refractivity contribution in [2.24, 2.45) is 5.92 Å². The summed E-state index contributed by atoms with van der Waals surface area (Å²) >= 11 is 0. The van der Waals surface area contributed by atoms with Crippen LogP contribution >= 0.6 is 0 Å². The number of anilines is 1. The lowest BCUT2D eigenvalue weighted by atomic mass is 9.96. The molecule has 0 radical (unpaired) electrons. The van der Waals surface area contributed by atoms with E-state index in [4.69, 9.17) is 0 Å². The highest BCUT2D eigenvalue weighted by atomic mass is 16.2. The van der Waals surface area contributed by atoms with Crippen LogP contribution in [0.3, 0.4) is 0 Å². The first-order chi connectivity index (χ1) is 9.56. The fraction of sp³-hybridized carbons (Fsp3) is 0.500. The van der Waals surface area contributed by atoms with Crippen LogP contribution < -0.4 is 10.2 Å². The average Bonchev–Trinajstić information content (AvgIpc) is 2.42. The third-order valence-electron chi connectivity index (χ3n) is 3.63. The number of hydrogen-bond donors (Lipinski definition) is 1. The number of aryl methyl sites for hydroxylation is 1. The second-order valence-electron chi connectivity index (χ2n) is 5.55. The number of carbonyl (C=O) groups excluding carboxylic acids is 2. The van der Waals surface area contributed by atoms with Crippen molar-refractivity contribution >= 4 is 17.5 Å². The molecule has 1 atom stereocenters. The number of carbonyl (C=O) groups is 2. The maximum atomic E-state index is 12.3. The number of nitrogens with one attached hydrogen (secondary N) is 1. The number of rotatable bonds is 4. The molecule has 1 aromatic rings. The maximum absolute atomic E-state index is 12.3. The van der Waals surface area contributed by atoms with Gasteiger partial charge in [-0.05, 0) is 24.0 Å². The summed E-state index contributed by atoms with van der Waals surface area (Å²) in [7, 11) is 0. The van der Waals surface area contributed by atoms with Gasteiger partial charge in [-0.3, -0.25) is 14.5 Å². The third kappa shape index (κ3) is 2.69. The van der Waals surface area contributed by atoms with Gasteiger partial charge in [0.1, 0.15) is 6.04 Å². The van der Waals surface area contributed by atoms with E-state index < -0.39 is 6.04 Å². The molecular weight excluding hydrogens is 252 g/mol. The molecule has 2 amide bonds. The molecular formula is C16H22N2O2. The molecule has 1 aliphatic rings. The topological polar surface area (TPSA) is 49.4 Å². The number of benzene rings is 1. The zero-order valence-corrected chi connectivity index (χ0v) is 12.3. The first-order valence-corrected chi connectivity index (χ1v) is 7.24. The van der Waals surface area contributed by atoms with Crippen LogP contribution in [0.5, 0.6) is 0 Å². The largest absolute Gasteiger partial charge is 0.345 e. The van der Waals surface area contributed by atoms with Gasteiger partial charge in [0, 0.05) is 5.69 Å². The van der Waals surface area contributed by atoms with E-state index in [1.54, 1.807) is 4.90 Å². The molecule has 0 aromatic heterocycles. The molecule has 108 valence electrons. The molecule has 1 aromatic carbocycles. The molecule has 1 N–H and O–H groups in total. The Morgan fingerprint density at radius 3 is 2.65 bits per heavy atom. The zero-order valence-electron chi connectivity index (χ0n) is 12.3. The summed E-state index contributed by atoms with van der Waals surface area (Å²) in [5, 5.41) is 2.68. The molecule has 0 aliphatic carbocycles. The van der Waals surface area contributed by atoms with Gasteiger partial charge in [-0.25, -0.2) is 0 Å². The van der Waals surface area contributed by atoms with Crippen LogP contribution in [0.1, 0.15) is 32.8 Å². The van der Waals surface area contributed by atoms with Crippen molar-refractivity contribution in [1.82, 2.24) is 5.32 Å². The Labute approximate surface area is 120 Å². The van der Waals surface area contributed by atoms with Gasteiger partial charge < -0.3 is 5.32 Å². The summed E-state index contributed by atoms with van der Waals surface area (Å²) < 4.78 is 0. The summed E-state index contributed by atoms with van der Waals surface area (Å²) in [6.07, 6.45) is 1.92. The molecule has 1 heterocycles. The minimum Gasteiger partial charge on any atom is -0.345 e. The summed E-state index contributed by atoms with van der Waals surface area (Å²) in [6, 6.07) is 7.46. The van der Waals surface area contributed by atoms with E-state index in [-0.39, 0.29) is 24.3 Å². The zero-order chi connectivity index (χ0) is 14.7. The molecule has 4 heteroatoms. The van der Waals surface area contributed by atoms with Gasteiger partial charge in [0.25, 0.3) is 0 Å². The van der Waals surface area contributed by atoms with Crippen LogP contribution in [0, 0.1) is 5.92 Å². The molecule has 1 aliphatic heterocycles. The van der Waals surface area contributed by atoms with Gasteiger partial charge in [-0.2, -0.15) is 0 Å². The lowest BCUT2D eigenvalue weighted by Gasteiger charge is -2.38. The molecule has 1 fully saturated rings. The Morgan fingerprint density at radius 2 is 2.00 bits per heavy atom. The lowest BCUT2D eigenvalue weighted by molar-refractivity contribution is -0.131. The summed E-state index contributed by atoms with van der Waals surface area (Å²) in [5.41, 5.74) is 2.01. The molecule has 0 saturated carbocycles. The van der Waals surface area contributed by atoms with Crippen LogP contribution in [0.25, 0.3) is 0 Å². The molecule has 1 unspecified atom stereocenters. The Kier molecular flexibility index (Phi) is 4.42. The average molecular weight is 274 g/mol. The van der Waals surface area contributed by atoms with E-state index in [2.05, 4.69) is 12.2 Å². The Balaban J connectivity index is 2.46. The van der Waals surface area contributed by atoms with Crippen LogP contribution in [0.4, 0.5) is 5.69 Å². The van der Waals surface area contributed by atoms with E-state index >= 15 is 0 Å². The SMILES string of the molecule is CCCc1ccccc1N1C(=O)CNC(=O)C1C(C)C. The molecule has 20 heavy (non-hydrogen) atoms. The molecule has 1 saturated heterocycles. The van der Waals surface area contributed by atoms with Gasteiger partial charge >= 0.3 is 0 Å². The van der Waals surface area contributed by atoms with Crippen LogP contribution in [-0.4, -0.2) is 24.4 Å². The van der Waals surface area contributed by atoms with Crippen molar-refractivity contribution in [3.8, 4) is 0 Å². The molecule has 0 bridgehead atoms. The molecule has 2 rings (SSSR count). The number of amides is 2. The second kappa shape index (κ2) is 6.07. The van der Waals surface area contributed by atoms with Gasteiger partial charge in [-0.15, -0.1) is 0 Å². The van der Waals surface area contributed by atoms with E-state index in [9.17, 15) is 9.59 Å². The van der Waals surface area contributed by atoms with Crippen molar-refractivity contribution in [2.45, 2.75) is 39.7 Å². The van der Waals surface area contributed by atoms with E-state index in [0.717, 1.165) is 24.1 Å². The van der Waals surface area contributed by atoms with Crippen LogP contribution in [-0.2, 0) is 16.0 Å². The fourth-order valence-corrected chi connectivity index (χ4v) is 2.74. The molecule has 4 nitrogen and oxygen atoms in total. The van der Waals surface area contributed by atoms with Gasteiger partial charge in [0.2, 0.25) is 11.8 Å². The standard InChI is InChI=1S/C16H22N2O2/c1-4-7-12-8-5-6-9-13(12)18-14(19)10-17-16(20)15(18)11(2)3/h5-6,8-9,11,15H,4,7,10H2,1-3H3,(H,17,20). The first kappa shape index (κ1) is 14.6. The normalized spacial score (nSPS) is 19.4. The van der Waals surface area contributed by atoms with Crippen LogP contribution in [0.15, 0.2) is 24.3 Å². The Morgan fingerprint density at radius 1 is 1.30 bits per heavy atom. The highest BCUT2D eigenvalue weighted by Crippen LogP contribution is 2.28. The van der Waals surface area contributed by atoms with Gasteiger partial charge in [0.15, 0.2) is 0 Å². The van der Waals surface area contributed by atoms with E-state index in [0.29, 0.717) is 0 Å². The number of nitrogens with zero attached hydrogens (tertiary/aromatic N) is 1. The lowest BCUT2D eigenvalue weighted by Crippen LogP contribution is -2.60. The van der Waals surface area contributed by atoms with Gasteiger partial charge in [-0.1, -0.05) is 45.4 Å². The third-order valence-corrected chi connectivity index (χ3v) is 3.63.